The minimum atomic E-state index is -0.103. The highest BCUT2D eigenvalue weighted by Crippen LogP contribution is 2.13. The fourth-order valence-electron chi connectivity index (χ4n) is 2.07. The summed E-state index contributed by atoms with van der Waals surface area (Å²) in [5, 5.41) is 2.83. The third kappa shape index (κ3) is 6.61. The normalized spacial score (nSPS) is 10.1. The van der Waals surface area contributed by atoms with Crippen LogP contribution in [-0.2, 0) is 16.0 Å². The van der Waals surface area contributed by atoms with Crippen LogP contribution in [0, 0.1) is 0 Å². The van der Waals surface area contributed by atoms with Crippen molar-refractivity contribution in [2.45, 2.75) is 33.1 Å². The summed E-state index contributed by atoms with van der Waals surface area (Å²) in [6.07, 6.45) is 2.68. The van der Waals surface area contributed by atoms with E-state index in [1.54, 1.807) is 12.0 Å². The summed E-state index contributed by atoms with van der Waals surface area (Å²) in [6.45, 7) is 4.86. The molecular weight excluding hydrogens is 280 g/mol. The van der Waals surface area contributed by atoms with Crippen LogP contribution in [0.15, 0.2) is 24.3 Å². The Morgan fingerprint density at radius 1 is 1.32 bits per heavy atom. The predicted octanol–water partition coefficient (Wildman–Crippen LogP) is 2.00. The van der Waals surface area contributed by atoms with Crippen molar-refractivity contribution in [3.8, 4) is 5.75 Å². The van der Waals surface area contributed by atoms with Crippen LogP contribution in [-0.4, -0.2) is 43.5 Å². The van der Waals surface area contributed by atoms with Crippen LogP contribution < -0.4 is 10.1 Å². The predicted molar refractivity (Wildman–Crippen MR) is 86.9 cm³/mol. The zero-order chi connectivity index (χ0) is 16.4. The number of unbranched alkanes of at least 4 members (excludes halogenated alkanes) is 1. The van der Waals surface area contributed by atoms with Gasteiger partial charge in [-0.15, -0.1) is 0 Å². The van der Waals surface area contributed by atoms with E-state index in [4.69, 9.17) is 4.74 Å². The lowest BCUT2D eigenvalue weighted by molar-refractivity contribution is -0.134. The van der Waals surface area contributed by atoms with E-state index in [2.05, 4.69) is 12.2 Å². The molecule has 0 bridgehead atoms. The van der Waals surface area contributed by atoms with Crippen LogP contribution in [0.3, 0.4) is 0 Å². The van der Waals surface area contributed by atoms with E-state index in [0.29, 0.717) is 19.5 Å². The number of rotatable bonds is 9. The van der Waals surface area contributed by atoms with Crippen molar-refractivity contribution in [3.05, 3.63) is 29.8 Å². The summed E-state index contributed by atoms with van der Waals surface area (Å²) in [6, 6.07) is 7.74. The Morgan fingerprint density at radius 2 is 2.09 bits per heavy atom. The van der Waals surface area contributed by atoms with Crippen LogP contribution >= 0.6 is 0 Å². The second-order valence-electron chi connectivity index (χ2n) is 5.25. The molecule has 0 aromatic heterocycles. The summed E-state index contributed by atoms with van der Waals surface area (Å²) in [5.41, 5.74) is 1.08. The van der Waals surface area contributed by atoms with E-state index in [1.807, 2.05) is 24.3 Å². The lowest BCUT2D eigenvalue weighted by Crippen LogP contribution is -2.41. The Balaban J connectivity index is 2.50. The van der Waals surface area contributed by atoms with Gasteiger partial charge in [0.2, 0.25) is 11.8 Å². The van der Waals surface area contributed by atoms with Gasteiger partial charge in [0, 0.05) is 20.0 Å². The van der Waals surface area contributed by atoms with Crippen molar-refractivity contribution < 1.29 is 14.3 Å². The lowest BCUT2D eigenvalue weighted by Gasteiger charge is -2.20. The quantitative estimate of drug-likeness (QED) is 0.710. The van der Waals surface area contributed by atoms with Gasteiger partial charge in [-0.3, -0.25) is 9.59 Å². The third-order valence-corrected chi connectivity index (χ3v) is 3.44. The lowest BCUT2D eigenvalue weighted by atomic mass is 10.1. The molecule has 2 amide bonds. The van der Waals surface area contributed by atoms with Crippen molar-refractivity contribution in [1.82, 2.24) is 10.2 Å². The fourth-order valence-corrected chi connectivity index (χ4v) is 2.07. The molecular formula is C17H26N2O3. The van der Waals surface area contributed by atoms with Gasteiger partial charge in [-0.25, -0.2) is 0 Å². The average Bonchev–Trinajstić information content (AvgIpc) is 2.51. The van der Waals surface area contributed by atoms with Crippen LogP contribution in [0.25, 0.3) is 0 Å². The maximum Gasteiger partial charge on any atom is 0.239 e. The van der Waals surface area contributed by atoms with Crippen molar-refractivity contribution in [2.75, 3.05) is 26.7 Å². The van der Waals surface area contributed by atoms with Crippen molar-refractivity contribution in [1.29, 1.82) is 0 Å². The van der Waals surface area contributed by atoms with Crippen molar-refractivity contribution in [3.63, 3.8) is 0 Å². The molecule has 0 spiro atoms. The Kier molecular flexibility index (Phi) is 8.04. The van der Waals surface area contributed by atoms with E-state index in [0.717, 1.165) is 24.2 Å². The van der Waals surface area contributed by atoms with E-state index >= 15 is 0 Å². The van der Waals surface area contributed by atoms with E-state index < -0.39 is 0 Å². The highest BCUT2D eigenvalue weighted by atomic mass is 16.5. The molecule has 0 aliphatic carbocycles. The Bertz CT molecular complexity index is 489. The number of ether oxygens (including phenoxy) is 1. The molecule has 0 aliphatic rings. The topological polar surface area (TPSA) is 58.6 Å². The molecule has 1 aromatic carbocycles. The molecule has 0 atom stereocenters. The van der Waals surface area contributed by atoms with Gasteiger partial charge in [-0.2, -0.15) is 0 Å². The minimum Gasteiger partial charge on any atom is -0.497 e. The first kappa shape index (κ1) is 18.0. The smallest absolute Gasteiger partial charge is 0.239 e. The van der Waals surface area contributed by atoms with Gasteiger partial charge in [-0.1, -0.05) is 25.5 Å². The summed E-state index contributed by atoms with van der Waals surface area (Å²) in [4.78, 5) is 25.1. The number of carbonyl (C=O) groups excluding carboxylic acids is 2. The SMILES string of the molecule is CCCCNC(=O)CN(CCc1cccc(OC)c1)C(C)=O. The highest BCUT2D eigenvalue weighted by molar-refractivity contribution is 5.83. The van der Waals surface area contributed by atoms with Crippen molar-refractivity contribution in [2.24, 2.45) is 0 Å². The largest absolute Gasteiger partial charge is 0.497 e. The van der Waals surface area contributed by atoms with Crippen LogP contribution in [0.5, 0.6) is 5.75 Å². The second-order valence-corrected chi connectivity index (χ2v) is 5.25. The maximum atomic E-state index is 11.8. The summed E-state index contributed by atoms with van der Waals surface area (Å²) in [7, 11) is 1.63. The van der Waals surface area contributed by atoms with E-state index in [9.17, 15) is 9.59 Å². The van der Waals surface area contributed by atoms with Crippen LogP contribution in [0.4, 0.5) is 0 Å². The molecule has 1 rings (SSSR count). The van der Waals surface area contributed by atoms with E-state index in [1.165, 1.54) is 6.92 Å². The number of nitrogens with one attached hydrogen (secondary N) is 1. The first-order valence-corrected chi connectivity index (χ1v) is 7.72. The number of amides is 2. The van der Waals surface area contributed by atoms with Crippen LogP contribution in [0.2, 0.25) is 0 Å². The van der Waals surface area contributed by atoms with Gasteiger partial charge < -0.3 is 15.0 Å². The Labute approximate surface area is 132 Å². The molecule has 5 nitrogen and oxygen atoms in total. The molecule has 1 aromatic rings. The summed E-state index contributed by atoms with van der Waals surface area (Å²) in [5.74, 6) is 0.604. The molecule has 0 unspecified atom stereocenters. The molecule has 0 heterocycles. The molecule has 0 aliphatic heterocycles. The van der Waals surface area contributed by atoms with Gasteiger partial charge in [0.1, 0.15) is 5.75 Å². The van der Waals surface area contributed by atoms with Gasteiger partial charge >= 0.3 is 0 Å². The van der Waals surface area contributed by atoms with Crippen LogP contribution in [0.1, 0.15) is 32.3 Å². The highest BCUT2D eigenvalue weighted by Gasteiger charge is 2.13. The number of hydrogen-bond donors (Lipinski definition) is 1. The second kappa shape index (κ2) is 9.82. The zero-order valence-corrected chi connectivity index (χ0v) is 13.7. The number of hydrogen-bond acceptors (Lipinski definition) is 3. The van der Waals surface area contributed by atoms with Gasteiger partial charge in [0.25, 0.3) is 0 Å². The fraction of sp³-hybridized carbons (Fsp3) is 0.529. The monoisotopic (exact) mass is 306 g/mol. The molecule has 1 N–H and O–H groups in total. The average molecular weight is 306 g/mol. The van der Waals surface area contributed by atoms with Crippen molar-refractivity contribution >= 4 is 11.8 Å². The molecule has 22 heavy (non-hydrogen) atoms. The standard InChI is InChI=1S/C17H26N2O3/c1-4-5-10-18-17(21)13-19(14(2)20)11-9-15-7-6-8-16(12-15)22-3/h6-8,12H,4-5,9-11,13H2,1-3H3,(H,18,21). The number of methoxy groups -OCH3 is 1. The van der Waals surface area contributed by atoms with Gasteiger partial charge in [0.05, 0.1) is 13.7 Å². The Morgan fingerprint density at radius 3 is 2.73 bits per heavy atom. The third-order valence-electron chi connectivity index (χ3n) is 3.44. The zero-order valence-electron chi connectivity index (χ0n) is 13.7. The number of benzene rings is 1. The first-order valence-electron chi connectivity index (χ1n) is 7.72. The maximum absolute atomic E-state index is 11.8. The number of carbonyl (C=O) groups is 2. The summed E-state index contributed by atoms with van der Waals surface area (Å²) >= 11 is 0. The summed E-state index contributed by atoms with van der Waals surface area (Å²) < 4.78 is 5.18. The molecule has 0 saturated heterocycles. The minimum absolute atomic E-state index is 0.0893. The molecule has 0 fully saturated rings. The molecule has 122 valence electrons. The number of nitrogens with zero attached hydrogens (tertiary/aromatic N) is 1. The van der Waals surface area contributed by atoms with Gasteiger partial charge in [0.15, 0.2) is 0 Å². The van der Waals surface area contributed by atoms with E-state index in [-0.39, 0.29) is 18.4 Å². The Hall–Kier alpha value is -2.04. The van der Waals surface area contributed by atoms with Gasteiger partial charge in [-0.05, 0) is 30.5 Å². The molecule has 5 heteroatoms. The molecule has 0 radical (unpaired) electrons. The first-order chi connectivity index (χ1) is 10.6. The molecule has 0 saturated carbocycles.